The Labute approximate surface area is 136 Å². The van der Waals surface area contributed by atoms with Gasteiger partial charge >= 0.3 is 11.9 Å². The van der Waals surface area contributed by atoms with Crippen LogP contribution in [0.3, 0.4) is 0 Å². The maximum Gasteiger partial charge on any atom is 0.374 e. The van der Waals surface area contributed by atoms with Gasteiger partial charge in [0.05, 0.1) is 25.7 Å². The Morgan fingerprint density at radius 3 is 1.67 bits per heavy atom. The minimum absolute atomic E-state index is 0.109. The highest BCUT2D eigenvalue weighted by Gasteiger charge is 2.51. The number of hydrogen-bond donors (Lipinski definition) is 0. The van der Waals surface area contributed by atoms with Gasteiger partial charge in [-0.2, -0.15) is 0 Å². The first-order valence-corrected chi connectivity index (χ1v) is 7.44. The highest BCUT2D eigenvalue weighted by molar-refractivity contribution is 5.86. The molecular formula is C16H14O8. The summed E-state index contributed by atoms with van der Waals surface area (Å²) in [5, 5.41) is 0. The van der Waals surface area contributed by atoms with E-state index in [0.717, 1.165) is 0 Å². The van der Waals surface area contributed by atoms with Crippen LogP contribution in [-0.2, 0) is 18.9 Å². The number of ether oxygens (including phenoxy) is 4. The van der Waals surface area contributed by atoms with E-state index in [1.54, 1.807) is 12.1 Å². The standard InChI is InChI=1S/C16H14O8/c17-15(9-3-1-5-19-9)23-11-7-21-14-12(8-22-13(11)14)24-16(18)10-4-2-6-20-10/h1-6,11-14H,7-8H2/t11-,12-,13-,14+/m1/s1. The zero-order valence-electron chi connectivity index (χ0n) is 12.5. The molecule has 2 aromatic rings. The number of fused-ring (bicyclic) bond motifs is 1. The van der Waals surface area contributed by atoms with Gasteiger partial charge in [0.1, 0.15) is 12.2 Å². The van der Waals surface area contributed by atoms with Crippen LogP contribution >= 0.6 is 0 Å². The highest BCUT2D eigenvalue weighted by Crippen LogP contribution is 2.31. The average molecular weight is 334 g/mol. The van der Waals surface area contributed by atoms with E-state index < -0.39 is 36.4 Å². The zero-order valence-corrected chi connectivity index (χ0v) is 12.5. The first-order valence-electron chi connectivity index (χ1n) is 7.44. The molecule has 0 saturated carbocycles. The molecule has 8 nitrogen and oxygen atoms in total. The lowest BCUT2D eigenvalue weighted by molar-refractivity contribution is -0.0307. The monoisotopic (exact) mass is 334 g/mol. The fourth-order valence-electron chi connectivity index (χ4n) is 2.81. The maximum absolute atomic E-state index is 11.9. The van der Waals surface area contributed by atoms with E-state index in [4.69, 9.17) is 27.8 Å². The fraction of sp³-hybridized carbons (Fsp3) is 0.375. The average Bonchev–Trinajstić information content (AvgIpc) is 3.36. The van der Waals surface area contributed by atoms with Crippen molar-refractivity contribution >= 4 is 11.9 Å². The number of furan rings is 2. The predicted molar refractivity (Wildman–Crippen MR) is 75.3 cm³/mol. The van der Waals surface area contributed by atoms with Gasteiger partial charge in [0, 0.05) is 0 Å². The molecule has 2 saturated heterocycles. The van der Waals surface area contributed by atoms with Crippen molar-refractivity contribution in [2.75, 3.05) is 13.2 Å². The Bertz CT molecular complexity index is 642. The smallest absolute Gasteiger partial charge is 0.374 e. The number of hydrogen-bond acceptors (Lipinski definition) is 8. The van der Waals surface area contributed by atoms with Crippen LogP contribution in [0.15, 0.2) is 45.6 Å². The Balaban J connectivity index is 1.37. The van der Waals surface area contributed by atoms with E-state index in [1.807, 2.05) is 0 Å². The van der Waals surface area contributed by atoms with Gasteiger partial charge in [-0.25, -0.2) is 9.59 Å². The maximum atomic E-state index is 11.9. The number of rotatable bonds is 4. The molecule has 0 unspecified atom stereocenters. The summed E-state index contributed by atoms with van der Waals surface area (Å²) in [6, 6.07) is 6.22. The van der Waals surface area contributed by atoms with Crippen LogP contribution in [0, 0.1) is 0 Å². The molecule has 2 fully saturated rings. The Morgan fingerprint density at radius 2 is 1.29 bits per heavy atom. The normalized spacial score (nSPS) is 28.5. The molecule has 126 valence electrons. The summed E-state index contributed by atoms with van der Waals surface area (Å²) in [7, 11) is 0. The molecule has 4 atom stereocenters. The Hall–Kier alpha value is -2.58. The number of esters is 2. The summed E-state index contributed by atoms with van der Waals surface area (Å²) in [4.78, 5) is 23.9. The van der Waals surface area contributed by atoms with Gasteiger partial charge in [-0.05, 0) is 24.3 Å². The van der Waals surface area contributed by atoms with Crippen LogP contribution in [0.4, 0.5) is 0 Å². The molecular weight excluding hydrogens is 320 g/mol. The van der Waals surface area contributed by atoms with Crippen LogP contribution < -0.4 is 0 Å². The lowest BCUT2D eigenvalue weighted by Crippen LogP contribution is -2.35. The van der Waals surface area contributed by atoms with Crippen LogP contribution in [0.25, 0.3) is 0 Å². The van der Waals surface area contributed by atoms with Crippen molar-refractivity contribution in [3.63, 3.8) is 0 Å². The zero-order chi connectivity index (χ0) is 16.5. The van der Waals surface area contributed by atoms with Gasteiger partial charge in [-0.15, -0.1) is 0 Å². The van der Waals surface area contributed by atoms with E-state index in [1.165, 1.54) is 24.7 Å². The van der Waals surface area contributed by atoms with Crippen LogP contribution in [0.5, 0.6) is 0 Å². The first kappa shape index (κ1) is 15.0. The van der Waals surface area contributed by atoms with Crippen molar-refractivity contribution in [1.29, 1.82) is 0 Å². The largest absolute Gasteiger partial charge is 0.457 e. The summed E-state index contributed by atoms with van der Waals surface area (Å²) in [5.74, 6) is -0.961. The molecule has 4 rings (SSSR count). The van der Waals surface area contributed by atoms with Crippen molar-refractivity contribution in [2.45, 2.75) is 24.4 Å². The SMILES string of the molecule is O=C(O[C@@H]1CO[C@H]2[C@H]1OC[C@H]2OC(=O)c1ccco1)c1ccco1. The lowest BCUT2D eigenvalue weighted by Gasteiger charge is -2.16. The number of carbonyl (C=O) groups excluding carboxylic acids is 2. The molecule has 0 spiro atoms. The van der Waals surface area contributed by atoms with E-state index in [-0.39, 0.29) is 24.7 Å². The van der Waals surface area contributed by atoms with Gasteiger partial charge in [0.25, 0.3) is 0 Å². The van der Waals surface area contributed by atoms with Crippen LogP contribution in [-0.4, -0.2) is 49.6 Å². The predicted octanol–water partition coefficient (Wildman–Crippen LogP) is 1.42. The molecule has 4 heterocycles. The van der Waals surface area contributed by atoms with Crippen LogP contribution in [0.2, 0.25) is 0 Å². The van der Waals surface area contributed by atoms with Gasteiger partial charge < -0.3 is 27.8 Å². The van der Waals surface area contributed by atoms with E-state index in [2.05, 4.69) is 0 Å². The van der Waals surface area contributed by atoms with Gasteiger partial charge in [-0.1, -0.05) is 0 Å². The van der Waals surface area contributed by atoms with Crippen molar-refractivity contribution in [3.8, 4) is 0 Å². The van der Waals surface area contributed by atoms with Crippen molar-refractivity contribution in [3.05, 3.63) is 48.3 Å². The third kappa shape index (κ3) is 2.70. The van der Waals surface area contributed by atoms with Crippen LogP contribution in [0.1, 0.15) is 21.1 Å². The van der Waals surface area contributed by atoms with Gasteiger partial charge in [0.15, 0.2) is 12.2 Å². The molecule has 0 bridgehead atoms. The Morgan fingerprint density at radius 1 is 0.833 bits per heavy atom. The third-order valence-electron chi connectivity index (χ3n) is 3.92. The van der Waals surface area contributed by atoms with Crippen molar-refractivity contribution in [1.82, 2.24) is 0 Å². The molecule has 0 aromatic carbocycles. The summed E-state index contributed by atoms with van der Waals surface area (Å²) in [6.45, 7) is 0.327. The first-order chi connectivity index (χ1) is 11.7. The molecule has 2 aliphatic heterocycles. The van der Waals surface area contributed by atoms with Crippen molar-refractivity contribution in [2.24, 2.45) is 0 Å². The molecule has 8 heteroatoms. The van der Waals surface area contributed by atoms with Crippen molar-refractivity contribution < 1.29 is 37.4 Å². The number of carbonyl (C=O) groups is 2. The quantitative estimate of drug-likeness (QED) is 0.775. The molecule has 0 amide bonds. The molecule has 2 aromatic heterocycles. The molecule has 2 aliphatic rings. The minimum atomic E-state index is -0.589. The lowest BCUT2D eigenvalue weighted by atomic mass is 10.1. The third-order valence-corrected chi connectivity index (χ3v) is 3.92. The molecule has 0 N–H and O–H groups in total. The summed E-state index contributed by atoms with van der Waals surface area (Å²) >= 11 is 0. The van der Waals surface area contributed by atoms with Gasteiger partial charge in [0.2, 0.25) is 11.5 Å². The fourth-order valence-corrected chi connectivity index (χ4v) is 2.81. The van der Waals surface area contributed by atoms with E-state index in [0.29, 0.717) is 0 Å². The van der Waals surface area contributed by atoms with E-state index in [9.17, 15) is 9.59 Å². The second kappa shape index (κ2) is 6.14. The topological polar surface area (TPSA) is 97.3 Å². The second-order valence-electron chi connectivity index (χ2n) is 5.44. The summed E-state index contributed by atoms with van der Waals surface area (Å²) < 4.78 is 31.9. The molecule has 24 heavy (non-hydrogen) atoms. The van der Waals surface area contributed by atoms with Gasteiger partial charge in [-0.3, -0.25) is 0 Å². The minimum Gasteiger partial charge on any atom is -0.457 e. The summed E-state index contributed by atoms with van der Waals surface area (Å²) in [6.07, 6.45) is 0.637. The second-order valence-corrected chi connectivity index (χ2v) is 5.44. The van der Waals surface area contributed by atoms with E-state index >= 15 is 0 Å². The molecule has 0 aliphatic carbocycles. The summed E-state index contributed by atoms with van der Waals surface area (Å²) in [5.41, 5.74) is 0. The molecule has 0 radical (unpaired) electrons. The Kier molecular flexibility index (Phi) is 3.83. The highest BCUT2D eigenvalue weighted by atomic mass is 16.7.